The number of nitrogens with zero attached hydrogens (tertiary/aromatic N) is 1. The van der Waals surface area contributed by atoms with E-state index in [0.29, 0.717) is 28.4 Å². The zero-order valence-electron chi connectivity index (χ0n) is 12.3. The van der Waals surface area contributed by atoms with Crippen LogP contribution >= 0.6 is 11.8 Å². The van der Waals surface area contributed by atoms with E-state index in [4.69, 9.17) is 5.73 Å². The number of hydrogen-bond donors (Lipinski definition) is 2. The van der Waals surface area contributed by atoms with Crippen molar-refractivity contribution in [1.29, 1.82) is 0 Å². The molecule has 5 heteroatoms. The van der Waals surface area contributed by atoms with Crippen LogP contribution in [0.15, 0.2) is 18.2 Å². The maximum atomic E-state index is 12.1. The number of rotatable bonds is 3. The van der Waals surface area contributed by atoms with Crippen molar-refractivity contribution in [2.45, 2.75) is 31.3 Å². The van der Waals surface area contributed by atoms with Crippen molar-refractivity contribution in [2.24, 2.45) is 0 Å². The Labute approximate surface area is 125 Å². The molecule has 1 amide bonds. The minimum atomic E-state index is 0.00635. The molecule has 2 unspecified atom stereocenters. The minimum Gasteiger partial charge on any atom is -0.397 e. The standard InChI is InChI=1S/C15H23N3OS/c1-10-4-5-14(13(16)6-10)17-15(19)9-18-7-11(2)20-12(3)8-18/h4-6,11-12H,7-9,16H2,1-3H3,(H,17,19). The van der Waals surface area contributed by atoms with Crippen LogP contribution in [0.25, 0.3) is 0 Å². The Bertz CT molecular complexity index is 482. The molecule has 0 aromatic heterocycles. The van der Waals surface area contributed by atoms with Crippen LogP contribution in [0.3, 0.4) is 0 Å². The first-order valence-corrected chi connectivity index (χ1v) is 7.92. The molecule has 20 heavy (non-hydrogen) atoms. The van der Waals surface area contributed by atoms with Gasteiger partial charge in [-0.2, -0.15) is 11.8 Å². The highest BCUT2D eigenvalue weighted by atomic mass is 32.2. The van der Waals surface area contributed by atoms with Gasteiger partial charge in [-0.15, -0.1) is 0 Å². The molecule has 0 spiro atoms. The average molecular weight is 293 g/mol. The fourth-order valence-corrected chi connectivity index (χ4v) is 3.99. The van der Waals surface area contributed by atoms with Crippen LogP contribution in [-0.4, -0.2) is 40.9 Å². The molecule has 1 aromatic rings. The zero-order valence-corrected chi connectivity index (χ0v) is 13.2. The number of thioether (sulfide) groups is 1. The van der Waals surface area contributed by atoms with Crippen molar-refractivity contribution in [2.75, 3.05) is 30.7 Å². The molecular weight excluding hydrogens is 270 g/mol. The predicted molar refractivity (Wildman–Crippen MR) is 87.2 cm³/mol. The highest BCUT2D eigenvalue weighted by Crippen LogP contribution is 2.24. The third kappa shape index (κ3) is 4.15. The summed E-state index contributed by atoms with van der Waals surface area (Å²) >= 11 is 1.99. The van der Waals surface area contributed by atoms with E-state index in [0.717, 1.165) is 18.7 Å². The van der Waals surface area contributed by atoms with Crippen molar-refractivity contribution >= 4 is 29.0 Å². The minimum absolute atomic E-state index is 0.00635. The molecule has 0 saturated carbocycles. The van der Waals surface area contributed by atoms with Crippen LogP contribution in [0.5, 0.6) is 0 Å². The highest BCUT2D eigenvalue weighted by molar-refractivity contribution is 8.00. The second-order valence-electron chi connectivity index (χ2n) is 5.59. The van der Waals surface area contributed by atoms with Gasteiger partial charge in [-0.05, 0) is 24.6 Å². The van der Waals surface area contributed by atoms with Crippen molar-refractivity contribution < 1.29 is 4.79 Å². The Morgan fingerprint density at radius 2 is 2.05 bits per heavy atom. The van der Waals surface area contributed by atoms with Gasteiger partial charge >= 0.3 is 0 Å². The number of nitrogens with one attached hydrogen (secondary N) is 1. The van der Waals surface area contributed by atoms with Crippen LogP contribution in [0.1, 0.15) is 19.4 Å². The first kappa shape index (κ1) is 15.2. The van der Waals surface area contributed by atoms with E-state index in [1.807, 2.05) is 36.9 Å². The lowest BCUT2D eigenvalue weighted by atomic mass is 10.2. The number of amides is 1. The fourth-order valence-electron chi connectivity index (χ4n) is 2.60. The van der Waals surface area contributed by atoms with Gasteiger partial charge in [-0.1, -0.05) is 19.9 Å². The Kier molecular flexibility index (Phi) is 4.94. The maximum Gasteiger partial charge on any atom is 0.238 e. The van der Waals surface area contributed by atoms with E-state index in [1.165, 1.54) is 0 Å². The third-order valence-corrected chi connectivity index (χ3v) is 4.57. The first-order valence-electron chi connectivity index (χ1n) is 6.98. The molecule has 0 aliphatic carbocycles. The second-order valence-corrected chi connectivity index (χ2v) is 7.47. The summed E-state index contributed by atoms with van der Waals surface area (Å²) in [6.07, 6.45) is 0. The summed E-state index contributed by atoms with van der Waals surface area (Å²) in [6, 6.07) is 5.69. The van der Waals surface area contributed by atoms with Crippen molar-refractivity contribution in [3.8, 4) is 0 Å². The van der Waals surface area contributed by atoms with E-state index in [2.05, 4.69) is 24.1 Å². The van der Waals surface area contributed by atoms with Gasteiger partial charge in [0.1, 0.15) is 0 Å². The smallest absolute Gasteiger partial charge is 0.238 e. The molecule has 1 aromatic carbocycles. The molecule has 2 rings (SSSR count). The summed E-state index contributed by atoms with van der Waals surface area (Å²) in [5.41, 5.74) is 8.33. The van der Waals surface area contributed by atoms with E-state index < -0.39 is 0 Å². The lowest BCUT2D eigenvalue weighted by Gasteiger charge is -2.34. The van der Waals surface area contributed by atoms with Gasteiger partial charge in [0.15, 0.2) is 0 Å². The lowest BCUT2D eigenvalue weighted by molar-refractivity contribution is -0.117. The van der Waals surface area contributed by atoms with Gasteiger partial charge in [0, 0.05) is 23.6 Å². The van der Waals surface area contributed by atoms with Gasteiger partial charge in [0.05, 0.1) is 17.9 Å². The third-order valence-electron chi connectivity index (χ3n) is 3.34. The molecular formula is C15H23N3OS. The predicted octanol–water partition coefficient (Wildman–Crippen LogP) is 2.34. The summed E-state index contributed by atoms with van der Waals surface area (Å²) in [4.78, 5) is 14.3. The Morgan fingerprint density at radius 1 is 1.40 bits per heavy atom. The van der Waals surface area contributed by atoms with E-state index in [1.54, 1.807) is 0 Å². The highest BCUT2D eigenvalue weighted by Gasteiger charge is 2.23. The summed E-state index contributed by atoms with van der Waals surface area (Å²) in [6.45, 7) is 8.77. The number of aryl methyl sites for hydroxylation is 1. The molecule has 0 radical (unpaired) electrons. The molecule has 3 N–H and O–H groups in total. The summed E-state index contributed by atoms with van der Waals surface area (Å²) in [5, 5.41) is 4.06. The van der Waals surface area contributed by atoms with Gasteiger partial charge in [-0.3, -0.25) is 9.69 Å². The fraction of sp³-hybridized carbons (Fsp3) is 0.533. The zero-order chi connectivity index (χ0) is 14.7. The van der Waals surface area contributed by atoms with Crippen LogP contribution in [-0.2, 0) is 4.79 Å². The molecule has 110 valence electrons. The van der Waals surface area contributed by atoms with E-state index in [9.17, 15) is 4.79 Å². The lowest BCUT2D eigenvalue weighted by Crippen LogP contribution is -2.44. The number of hydrogen-bond acceptors (Lipinski definition) is 4. The molecule has 0 bridgehead atoms. The first-order chi connectivity index (χ1) is 9.44. The Balaban J connectivity index is 1.92. The maximum absolute atomic E-state index is 12.1. The van der Waals surface area contributed by atoms with Crippen molar-refractivity contribution in [1.82, 2.24) is 4.90 Å². The monoisotopic (exact) mass is 293 g/mol. The largest absolute Gasteiger partial charge is 0.397 e. The molecule has 2 atom stereocenters. The van der Waals surface area contributed by atoms with Crippen molar-refractivity contribution in [3.05, 3.63) is 23.8 Å². The topological polar surface area (TPSA) is 58.4 Å². The van der Waals surface area contributed by atoms with Crippen molar-refractivity contribution in [3.63, 3.8) is 0 Å². The molecule has 1 aliphatic rings. The van der Waals surface area contributed by atoms with Crippen LogP contribution in [0.2, 0.25) is 0 Å². The van der Waals surface area contributed by atoms with E-state index >= 15 is 0 Å². The average Bonchev–Trinajstić information content (AvgIpc) is 2.31. The number of carbonyl (C=O) groups excluding carboxylic acids is 1. The molecule has 4 nitrogen and oxygen atoms in total. The summed E-state index contributed by atoms with van der Waals surface area (Å²) in [5.74, 6) is 0.00635. The molecule has 1 heterocycles. The molecule has 1 saturated heterocycles. The van der Waals surface area contributed by atoms with Gasteiger partial charge in [0.25, 0.3) is 0 Å². The molecule has 1 aliphatic heterocycles. The number of nitrogen functional groups attached to an aromatic ring is 1. The molecule has 1 fully saturated rings. The number of carbonyl (C=O) groups is 1. The van der Waals surface area contributed by atoms with Crippen LogP contribution < -0.4 is 11.1 Å². The van der Waals surface area contributed by atoms with Gasteiger partial charge in [-0.25, -0.2) is 0 Å². The van der Waals surface area contributed by atoms with E-state index in [-0.39, 0.29) is 5.91 Å². The van der Waals surface area contributed by atoms with Crippen LogP contribution in [0, 0.1) is 6.92 Å². The normalized spacial score (nSPS) is 23.6. The Hall–Kier alpha value is -1.20. The summed E-state index contributed by atoms with van der Waals surface area (Å²) < 4.78 is 0. The van der Waals surface area contributed by atoms with Crippen LogP contribution in [0.4, 0.5) is 11.4 Å². The number of anilines is 2. The second kappa shape index (κ2) is 6.50. The van der Waals surface area contributed by atoms with Gasteiger partial charge in [0.2, 0.25) is 5.91 Å². The van der Waals surface area contributed by atoms with Gasteiger partial charge < -0.3 is 11.1 Å². The number of benzene rings is 1. The number of nitrogens with two attached hydrogens (primary N) is 1. The SMILES string of the molecule is Cc1ccc(NC(=O)CN2CC(C)SC(C)C2)c(N)c1. The quantitative estimate of drug-likeness (QED) is 0.840. The Morgan fingerprint density at radius 3 is 2.65 bits per heavy atom. The summed E-state index contributed by atoms with van der Waals surface area (Å²) in [7, 11) is 0.